The SMILES string of the molecule is COc1cc2c(cc1OC)N(c1ccccc1)C=CC=C2. The second-order valence-electron chi connectivity index (χ2n) is 4.67. The number of fused-ring (bicyclic) bond motifs is 1. The fourth-order valence-electron chi connectivity index (χ4n) is 2.42. The van der Waals surface area contributed by atoms with Crippen molar-refractivity contribution in [3.8, 4) is 11.5 Å². The van der Waals surface area contributed by atoms with Gasteiger partial charge in [0, 0.05) is 23.5 Å². The minimum absolute atomic E-state index is 0.723. The van der Waals surface area contributed by atoms with Gasteiger partial charge >= 0.3 is 0 Å². The van der Waals surface area contributed by atoms with Crippen LogP contribution in [0.3, 0.4) is 0 Å². The third kappa shape index (κ3) is 2.50. The van der Waals surface area contributed by atoms with Gasteiger partial charge in [0.2, 0.25) is 0 Å². The molecule has 0 spiro atoms. The minimum Gasteiger partial charge on any atom is -0.493 e. The van der Waals surface area contributed by atoms with E-state index in [1.54, 1.807) is 14.2 Å². The van der Waals surface area contributed by atoms with Crippen LogP contribution in [0.5, 0.6) is 11.5 Å². The standard InChI is InChI=1S/C18H17NO2/c1-20-17-12-14-8-6-7-11-19(15-9-4-3-5-10-15)16(14)13-18(17)21-2/h3-13H,1-2H3. The van der Waals surface area contributed by atoms with E-state index in [0.29, 0.717) is 0 Å². The number of anilines is 2. The molecular weight excluding hydrogens is 262 g/mol. The van der Waals surface area contributed by atoms with Crippen LogP contribution in [0.1, 0.15) is 5.56 Å². The van der Waals surface area contributed by atoms with E-state index >= 15 is 0 Å². The Balaban J connectivity index is 2.16. The summed E-state index contributed by atoms with van der Waals surface area (Å²) in [6.07, 6.45) is 8.15. The number of rotatable bonds is 3. The average Bonchev–Trinajstić information content (AvgIpc) is 2.76. The predicted octanol–water partition coefficient (Wildman–Crippen LogP) is 4.38. The molecule has 2 aromatic carbocycles. The van der Waals surface area contributed by atoms with Crippen LogP contribution in [0.4, 0.5) is 11.4 Å². The van der Waals surface area contributed by atoms with Gasteiger partial charge in [-0.25, -0.2) is 0 Å². The highest BCUT2D eigenvalue weighted by Crippen LogP contribution is 2.39. The molecule has 2 aromatic rings. The molecule has 3 heteroatoms. The number of ether oxygens (including phenoxy) is 2. The summed E-state index contributed by atoms with van der Waals surface area (Å²) in [5.74, 6) is 1.46. The quantitative estimate of drug-likeness (QED) is 0.832. The number of nitrogens with zero attached hydrogens (tertiary/aromatic N) is 1. The van der Waals surface area contributed by atoms with E-state index in [2.05, 4.69) is 23.1 Å². The Kier molecular flexibility index (Phi) is 3.65. The van der Waals surface area contributed by atoms with Crippen LogP contribution in [0, 0.1) is 0 Å². The molecule has 0 N–H and O–H groups in total. The summed E-state index contributed by atoms with van der Waals surface area (Å²) in [6.45, 7) is 0. The van der Waals surface area contributed by atoms with Gasteiger partial charge in [0.1, 0.15) is 0 Å². The molecule has 21 heavy (non-hydrogen) atoms. The number of hydrogen-bond donors (Lipinski definition) is 0. The van der Waals surface area contributed by atoms with Crippen LogP contribution in [-0.4, -0.2) is 14.2 Å². The van der Waals surface area contributed by atoms with Crippen molar-refractivity contribution >= 4 is 17.5 Å². The van der Waals surface area contributed by atoms with E-state index in [1.165, 1.54) is 0 Å². The van der Waals surface area contributed by atoms with Gasteiger partial charge in [-0.1, -0.05) is 30.4 Å². The first-order valence-electron chi connectivity index (χ1n) is 6.78. The molecule has 0 unspecified atom stereocenters. The normalized spacial score (nSPS) is 12.8. The molecule has 3 rings (SSSR count). The molecule has 3 nitrogen and oxygen atoms in total. The molecule has 106 valence electrons. The highest BCUT2D eigenvalue weighted by Gasteiger charge is 2.16. The summed E-state index contributed by atoms with van der Waals surface area (Å²) in [6, 6.07) is 14.2. The number of para-hydroxylation sites is 1. The first kappa shape index (κ1) is 13.3. The number of benzene rings is 2. The van der Waals surface area contributed by atoms with Crippen LogP contribution < -0.4 is 14.4 Å². The van der Waals surface area contributed by atoms with Crippen molar-refractivity contribution in [3.05, 3.63) is 66.4 Å². The molecule has 0 fully saturated rings. The molecule has 0 aromatic heterocycles. The monoisotopic (exact) mass is 279 g/mol. The van der Waals surface area contributed by atoms with Crippen molar-refractivity contribution in [1.82, 2.24) is 0 Å². The van der Waals surface area contributed by atoms with Gasteiger partial charge in [0.25, 0.3) is 0 Å². The molecule has 0 aliphatic carbocycles. The summed E-state index contributed by atoms with van der Waals surface area (Å²) < 4.78 is 10.8. The maximum Gasteiger partial charge on any atom is 0.162 e. The number of hydrogen-bond acceptors (Lipinski definition) is 3. The molecule has 0 bridgehead atoms. The number of allylic oxidation sites excluding steroid dienone is 2. The molecule has 0 amide bonds. The Hall–Kier alpha value is -2.68. The largest absolute Gasteiger partial charge is 0.493 e. The predicted molar refractivity (Wildman–Crippen MR) is 86.3 cm³/mol. The maximum atomic E-state index is 5.43. The smallest absolute Gasteiger partial charge is 0.162 e. The van der Waals surface area contributed by atoms with Crippen LogP contribution >= 0.6 is 0 Å². The third-order valence-corrected chi connectivity index (χ3v) is 3.45. The lowest BCUT2D eigenvalue weighted by Crippen LogP contribution is -2.09. The fourth-order valence-corrected chi connectivity index (χ4v) is 2.42. The van der Waals surface area contributed by atoms with Crippen molar-refractivity contribution in [2.24, 2.45) is 0 Å². The Morgan fingerprint density at radius 2 is 1.57 bits per heavy atom. The Bertz CT molecular complexity index is 690. The zero-order chi connectivity index (χ0) is 14.7. The van der Waals surface area contributed by atoms with Gasteiger partial charge < -0.3 is 14.4 Å². The van der Waals surface area contributed by atoms with Crippen molar-refractivity contribution in [2.45, 2.75) is 0 Å². The van der Waals surface area contributed by atoms with E-state index in [0.717, 1.165) is 28.4 Å². The lowest BCUT2D eigenvalue weighted by molar-refractivity contribution is 0.355. The Labute approximate surface area is 124 Å². The first-order chi connectivity index (χ1) is 10.3. The lowest BCUT2D eigenvalue weighted by Gasteiger charge is -2.23. The van der Waals surface area contributed by atoms with E-state index in [-0.39, 0.29) is 0 Å². The van der Waals surface area contributed by atoms with E-state index in [9.17, 15) is 0 Å². The van der Waals surface area contributed by atoms with Gasteiger partial charge in [-0.15, -0.1) is 0 Å². The first-order valence-corrected chi connectivity index (χ1v) is 6.78. The summed E-state index contributed by atoms with van der Waals surface area (Å²) in [4.78, 5) is 2.14. The third-order valence-electron chi connectivity index (χ3n) is 3.45. The number of methoxy groups -OCH3 is 2. The molecule has 0 atom stereocenters. The van der Waals surface area contributed by atoms with Crippen molar-refractivity contribution in [3.63, 3.8) is 0 Å². The maximum absolute atomic E-state index is 5.43. The topological polar surface area (TPSA) is 21.7 Å². The van der Waals surface area contributed by atoms with Gasteiger partial charge in [-0.3, -0.25) is 0 Å². The molecule has 0 saturated heterocycles. The lowest BCUT2D eigenvalue weighted by atomic mass is 10.1. The van der Waals surface area contributed by atoms with Gasteiger partial charge in [0.05, 0.1) is 19.9 Å². The van der Waals surface area contributed by atoms with Crippen LogP contribution in [0.15, 0.2) is 60.8 Å². The second kappa shape index (κ2) is 5.75. The Morgan fingerprint density at radius 1 is 0.857 bits per heavy atom. The Morgan fingerprint density at radius 3 is 2.29 bits per heavy atom. The molecule has 1 aliphatic rings. The minimum atomic E-state index is 0.723. The van der Waals surface area contributed by atoms with Crippen molar-refractivity contribution in [2.75, 3.05) is 19.1 Å². The van der Waals surface area contributed by atoms with Crippen LogP contribution in [0.25, 0.3) is 6.08 Å². The van der Waals surface area contributed by atoms with Crippen LogP contribution in [-0.2, 0) is 0 Å². The summed E-state index contributed by atoms with van der Waals surface area (Å²) in [5, 5.41) is 0. The average molecular weight is 279 g/mol. The summed E-state index contributed by atoms with van der Waals surface area (Å²) in [5.41, 5.74) is 3.25. The van der Waals surface area contributed by atoms with Gasteiger partial charge in [-0.05, 0) is 24.3 Å². The van der Waals surface area contributed by atoms with E-state index in [4.69, 9.17) is 9.47 Å². The van der Waals surface area contributed by atoms with Gasteiger partial charge in [-0.2, -0.15) is 0 Å². The highest BCUT2D eigenvalue weighted by atomic mass is 16.5. The zero-order valence-electron chi connectivity index (χ0n) is 12.1. The molecule has 1 aliphatic heterocycles. The molecule has 1 heterocycles. The van der Waals surface area contributed by atoms with E-state index < -0.39 is 0 Å². The highest BCUT2D eigenvalue weighted by molar-refractivity contribution is 5.80. The zero-order valence-corrected chi connectivity index (χ0v) is 12.1. The fraction of sp³-hybridized carbons (Fsp3) is 0.111. The molecule has 0 radical (unpaired) electrons. The van der Waals surface area contributed by atoms with Crippen LogP contribution in [0.2, 0.25) is 0 Å². The van der Waals surface area contributed by atoms with Gasteiger partial charge in [0.15, 0.2) is 11.5 Å². The van der Waals surface area contributed by atoms with Crippen molar-refractivity contribution < 1.29 is 9.47 Å². The molecule has 0 saturated carbocycles. The summed E-state index contributed by atoms with van der Waals surface area (Å²) in [7, 11) is 3.30. The van der Waals surface area contributed by atoms with Crippen molar-refractivity contribution in [1.29, 1.82) is 0 Å². The molecular formula is C18H17NO2. The van der Waals surface area contributed by atoms with E-state index in [1.807, 2.05) is 48.7 Å². The summed E-state index contributed by atoms with van der Waals surface area (Å²) >= 11 is 0. The second-order valence-corrected chi connectivity index (χ2v) is 4.67.